The zero-order valence-corrected chi connectivity index (χ0v) is 21.8. The van der Waals surface area contributed by atoms with E-state index >= 15 is 0 Å². The topological polar surface area (TPSA) is 58.6 Å². The number of hydrogen-bond acceptors (Lipinski definition) is 4. The van der Waals surface area contributed by atoms with Gasteiger partial charge in [0.05, 0.1) is 12.9 Å². The van der Waals surface area contributed by atoms with E-state index in [1.54, 1.807) is 30.2 Å². The molecule has 0 bridgehead atoms. The molecule has 0 saturated heterocycles. The number of halogens is 1. The van der Waals surface area contributed by atoms with Gasteiger partial charge in [0.15, 0.2) is 0 Å². The van der Waals surface area contributed by atoms with Crippen LogP contribution in [0.2, 0.25) is 0 Å². The Hall–Kier alpha value is -3.32. The first-order valence-corrected chi connectivity index (χ1v) is 13.1. The lowest BCUT2D eigenvalue weighted by Crippen LogP contribution is -2.52. The number of nitrogens with one attached hydrogen (secondary N) is 1. The van der Waals surface area contributed by atoms with Gasteiger partial charge in [-0.3, -0.25) is 9.59 Å². The van der Waals surface area contributed by atoms with Crippen molar-refractivity contribution in [1.29, 1.82) is 0 Å². The number of methoxy groups -OCH3 is 1. The number of ether oxygens (including phenoxy) is 1. The first-order valence-electron chi connectivity index (χ1n) is 11.9. The highest BCUT2D eigenvalue weighted by atomic mass is 32.2. The smallest absolute Gasteiger partial charge is 0.243 e. The fraction of sp³-hybridized carbons (Fsp3) is 0.310. The summed E-state index contributed by atoms with van der Waals surface area (Å²) in [5, 5.41) is 2.98. The van der Waals surface area contributed by atoms with Crippen molar-refractivity contribution in [2.45, 2.75) is 44.6 Å². The fourth-order valence-corrected chi connectivity index (χ4v) is 4.75. The predicted molar refractivity (Wildman–Crippen MR) is 143 cm³/mol. The molecule has 0 fully saturated rings. The van der Waals surface area contributed by atoms with Crippen LogP contribution in [0.4, 0.5) is 4.39 Å². The molecule has 1 N–H and O–H groups in total. The zero-order chi connectivity index (χ0) is 25.9. The average molecular weight is 509 g/mol. The van der Waals surface area contributed by atoms with E-state index in [2.05, 4.69) is 5.32 Å². The summed E-state index contributed by atoms with van der Waals surface area (Å²) >= 11 is 1.34. The third-order valence-electron chi connectivity index (χ3n) is 5.63. The van der Waals surface area contributed by atoms with E-state index in [0.717, 1.165) is 11.1 Å². The van der Waals surface area contributed by atoms with Crippen molar-refractivity contribution in [2.24, 2.45) is 0 Å². The lowest BCUT2D eigenvalue weighted by atomic mass is 10.0. The molecule has 2 amide bonds. The zero-order valence-electron chi connectivity index (χ0n) is 20.9. The van der Waals surface area contributed by atoms with Crippen molar-refractivity contribution in [1.82, 2.24) is 10.2 Å². The van der Waals surface area contributed by atoms with Gasteiger partial charge in [0.1, 0.15) is 17.6 Å². The van der Waals surface area contributed by atoms with Crippen molar-refractivity contribution in [3.8, 4) is 5.75 Å². The summed E-state index contributed by atoms with van der Waals surface area (Å²) in [4.78, 5) is 28.6. The van der Waals surface area contributed by atoms with E-state index in [1.807, 2.05) is 68.4 Å². The highest BCUT2D eigenvalue weighted by Gasteiger charge is 2.30. The first-order chi connectivity index (χ1) is 17.4. The van der Waals surface area contributed by atoms with E-state index in [9.17, 15) is 14.0 Å². The van der Waals surface area contributed by atoms with Gasteiger partial charge in [0, 0.05) is 24.8 Å². The third-order valence-corrected chi connectivity index (χ3v) is 6.60. The van der Waals surface area contributed by atoms with Crippen molar-refractivity contribution in [2.75, 3.05) is 12.9 Å². The molecule has 3 aromatic rings. The lowest BCUT2D eigenvalue weighted by molar-refractivity contribution is -0.139. The van der Waals surface area contributed by atoms with E-state index in [1.165, 1.54) is 17.8 Å². The maximum atomic E-state index is 14.1. The maximum Gasteiger partial charge on any atom is 0.243 e. The Kier molecular flexibility index (Phi) is 10.4. The monoisotopic (exact) mass is 508 g/mol. The number of amides is 2. The number of nitrogens with zero attached hydrogens (tertiary/aromatic N) is 1. The summed E-state index contributed by atoms with van der Waals surface area (Å²) in [6.07, 6.45) is 0.382. The number of thioether (sulfide) groups is 1. The Balaban J connectivity index is 1.87. The molecule has 1 atom stereocenters. The average Bonchev–Trinajstić information content (AvgIpc) is 2.87. The number of rotatable bonds is 12. The van der Waals surface area contributed by atoms with Crippen LogP contribution in [0.25, 0.3) is 0 Å². The van der Waals surface area contributed by atoms with E-state index in [4.69, 9.17) is 4.74 Å². The fourth-order valence-electron chi connectivity index (χ4n) is 3.85. The van der Waals surface area contributed by atoms with Crippen LogP contribution in [-0.4, -0.2) is 41.7 Å². The van der Waals surface area contributed by atoms with Crippen LogP contribution in [0, 0.1) is 5.82 Å². The minimum atomic E-state index is -0.706. The lowest BCUT2D eigenvalue weighted by Gasteiger charge is -2.32. The summed E-state index contributed by atoms with van der Waals surface area (Å²) in [5.41, 5.74) is 2.37. The molecule has 5 nitrogen and oxygen atoms in total. The Bertz CT molecular complexity index is 1140. The highest BCUT2D eigenvalue weighted by molar-refractivity contribution is 7.99. The minimum absolute atomic E-state index is 0.0695. The molecule has 0 aromatic heterocycles. The van der Waals surface area contributed by atoms with Crippen LogP contribution < -0.4 is 10.1 Å². The quantitative estimate of drug-likeness (QED) is 0.364. The molecule has 3 rings (SSSR count). The van der Waals surface area contributed by atoms with Gasteiger partial charge in [-0.1, -0.05) is 60.7 Å². The van der Waals surface area contributed by atoms with Crippen LogP contribution in [0.5, 0.6) is 5.75 Å². The molecule has 190 valence electrons. The molecule has 0 radical (unpaired) electrons. The van der Waals surface area contributed by atoms with Crippen LogP contribution in [0.1, 0.15) is 30.5 Å². The molecule has 0 aliphatic heterocycles. The summed E-state index contributed by atoms with van der Waals surface area (Å²) in [6, 6.07) is 22.9. The van der Waals surface area contributed by atoms with Crippen LogP contribution in [0.15, 0.2) is 78.9 Å². The molecule has 0 heterocycles. The van der Waals surface area contributed by atoms with Gasteiger partial charge in [-0.25, -0.2) is 4.39 Å². The Labute approximate surface area is 217 Å². The van der Waals surface area contributed by atoms with Gasteiger partial charge in [0.2, 0.25) is 11.8 Å². The molecular weight excluding hydrogens is 475 g/mol. The van der Waals surface area contributed by atoms with Gasteiger partial charge >= 0.3 is 0 Å². The number of carbonyl (C=O) groups excluding carboxylic acids is 2. The molecule has 1 unspecified atom stereocenters. The Morgan fingerprint density at radius 2 is 1.67 bits per heavy atom. The third kappa shape index (κ3) is 8.12. The molecule has 0 saturated carbocycles. The number of hydrogen-bond donors (Lipinski definition) is 1. The molecule has 0 aliphatic rings. The summed E-state index contributed by atoms with van der Waals surface area (Å²) in [5.74, 6) is 0.498. The van der Waals surface area contributed by atoms with E-state index < -0.39 is 6.04 Å². The normalized spacial score (nSPS) is 11.7. The standard InChI is InChI=1S/C29H33FN2O3S/c1-21(2)31-29(34)27(17-22-10-5-4-6-11-22)32(18-23-12-9-14-25(16-23)35-3)28(33)20-36-19-24-13-7-8-15-26(24)30/h4-16,21,27H,17-20H2,1-3H3,(H,31,34). The van der Waals surface area contributed by atoms with Crippen molar-refractivity contribution in [3.63, 3.8) is 0 Å². The summed E-state index contributed by atoms with van der Waals surface area (Å²) < 4.78 is 19.4. The summed E-state index contributed by atoms with van der Waals surface area (Å²) in [7, 11) is 1.59. The molecule has 36 heavy (non-hydrogen) atoms. The first kappa shape index (κ1) is 27.3. The second kappa shape index (κ2) is 13.7. The maximum absolute atomic E-state index is 14.1. The molecule has 0 aliphatic carbocycles. The van der Waals surface area contributed by atoms with Gasteiger partial charge in [-0.05, 0) is 48.7 Å². The van der Waals surface area contributed by atoms with E-state index in [0.29, 0.717) is 23.5 Å². The second-order valence-corrected chi connectivity index (χ2v) is 9.81. The number of carbonyl (C=O) groups is 2. The Morgan fingerprint density at radius 1 is 0.972 bits per heavy atom. The summed E-state index contributed by atoms with van der Waals surface area (Å²) in [6.45, 7) is 4.05. The van der Waals surface area contributed by atoms with Crippen molar-refractivity contribution >= 4 is 23.6 Å². The highest BCUT2D eigenvalue weighted by Crippen LogP contribution is 2.21. The van der Waals surface area contributed by atoms with Gasteiger partial charge in [-0.2, -0.15) is 0 Å². The molecular formula is C29H33FN2O3S. The molecule has 3 aromatic carbocycles. The van der Waals surface area contributed by atoms with Gasteiger partial charge < -0.3 is 15.0 Å². The van der Waals surface area contributed by atoms with Crippen LogP contribution >= 0.6 is 11.8 Å². The van der Waals surface area contributed by atoms with Crippen LogP contribution in [-0.2, 0) is 28.3 Å². The van der Waals surface area contributed by atoms with Gasteiger partial charge in [-0.15, -0.1) is 11.8 Å². The molecule has 7 heteroatoms. The van der Waals surface area contributed by atoms with Crippen LogP contribution in [0.3, 0.4) is 0 Å². The van der Waals surface area contributed by atoms with E-state index in [-0.39, 0.29) is 36.0 Å². The molecule has 0 spiro atoms. The Morgan fingerprint density at radius 3 is 2.36 bits per heavy atom. The number of benzene rings is 3. The predicted octanol–water partition coefficient (Wildman–Crippen LogP) is 5.23. The minimum Gasteiger partial charge on any atom is -0.497 e. The SMILES string of the molecule is COc1cccc(CN(C(=O)CSCc2ccccc2F)C(Cc2ccccc2)C(=O)NC(C)C)c1. The second-order valence-electron chi connectivity index (χ2n) is 8.83. The largest absolute Gasteiger partial charge is 0.497 e. The van der Waals surface area contributed by atoms with Crippen molar-refractivity contribution < 1.29 is 18.7 Å². The van der Waals surface area contributed by atoms with Crippen molar-refractivity contribution in [3.05, 3.63) is 101 Å². The van der Waals surface area contributed by atoms with Gasteiger partial charge in [0.25, 0.3) is 0 Å².